The van der Waals surface area contributed by atoms with Gasteiger partial charge >= 0.3 is 5.63 Å². The first-order valence-electron chi connectivity index (χ1n) is 13.0. The molecule has 0 spiro atoms. The van der Waals surface area contributed by atoms with E-state index in [0.29, 0.717) is 34.4 Å². The predicted molar refractivity (Wildman–Crippen MR) is 150 cm³/mol. The zero-order valence-electron chi connectivity index (χ0n) is 22.5. The van der Waals surface area contributed by atoms with Gasteiger partial charge in [-0.3, -0.25) is 9.59 Å². The molecule has 1 fully saturated rings. The van der Waals surface area contributed by atoms with Gasteiger partial charge < -0.3 is 14.2 Å². The summed E-state index contributed by atoms with van der Waals surface area (Å²) in [5.41, 5.74) is 3.89. The van der Waals surface area contributed by atoms with E-state index in [1.807, 2.05) is 39.0 Å². The van der Waals surface area contributed by atoms with E-state index in [1.54, 1.807) is 27.9 Å². The molecule has 2 aromatic carbocycles. The fourth-order valence-electron chi connectivity index (χ4n) is 4.96. The van der Waals surface area contributed by atoms with Crippen molar-refractivity contribution in [2.75, 3.05) is 19.6 Å². The van der Waals surface area contributed by atoms with Crippen LogP contribution in [0.15, 0.2) is 56.3 Å². The van der Waals surface area contributed by atoms with Gasteiger partial charge in [-0.05, 0) is 78.0 Å². The lowest BCUT2D eigenvalue weighted by atomic mass is 10.0. The molecule has 0 saturated carbocycles. The number of carbonyl (C=O) groups is 2. The van der Waals surface area contributed by atoms with Crippen molar-refractivity contribution < 1.29 is 18.4 Å². The number of carbonyl (C=O) groups excluding carboxylic acids is 2. The van der Waals surface area contributed by atoms with E-state index in [0.717, 1.165) is 22.1 Å². The van der Waals surface area contributed by atoms with E-state index < -0.39 is 5.63 Å². The first kappa shape index (κ1) is 27.7. The molecule has 0 unspecified atom stereocenters. The maximum absolute atomic E-state index is 13.6. The van der Waals surface area contributed by atoms with E-state index >= 15 is 0 Å². The Morgan fingerprint density at radius 3 is 2.70 bits per heavy atom. The van der Waals surface area contributed by atoms with Crippen LogP contribution in [-0.4, -0.2) is 56.2 Å². The molecule has 11 heteroatoms. The van der Waals surface area contributed by atoms with Crippen LogP contribution in [-0.2, 0) is 22.6 Å². The molecule has 2 amide bonds. The maximum Gasteiger partial charge on any atom is 0.339 e. The van der Waals surface area contributed by atoms with Crippen LogP contribution < -0.4 is 5.63 Å². The highest BCUT2D eigenvalue weighted by Crippen LogP contribution is 2.24. The van der Waals surface area contributed by atoms with Crippen molar-refractivity contribution in [2.24, 2.45) is 0 Å². The number of aromatic nitrogens is 3. The summed E-state index contributed by atoms with van der Waals surface area (Å²) in [6.45, 7) is 6.73. The Morgan fingerprint density at radius 2 is 1.95 bits per heavy atom. The Balaban J connectivity index is 1.17. The molecule has 1 atom stereocenters. The minimum atomic E-state index is -0.432. The molecule has 2 aromatic heterocycles. The number of halogens is 2. The summed E-state index contributed by atoms with van der Waals surface area (Å²) >= 11 is 3.21. The summed E-state index contributed by atoms with van der Waals surface area (Å²) in [5, 5.41) is 9.25. The Bertz CT molecular complexity index is 1670. The minimum Gasteiger partial charge on any atom is -0.423 e. The zero-order valence-corrected chi connectivity index (χ0v) is 24.1. The second kappa shape index (κ2) is 11.3. The third-order valence-corrected chi connectivity index (χ3v) is 8.04. The second-order valence-corrected chi connectivity index (χ2v) is 11.0. The van der Waals surface area contributed by atoms with Gasteiger partial charge in [0.2, 0.25) is 11.8 Å². The fourth-order valence-corrected chi connectivity index (χ4v) is 5.36. The Morgan fingerprint density at radius 1 is 1.15 bits per heavy atom. The molecule has 5 rings (SSSR count). The molecule has 0 bridgehead atoms. The quantitative estimate of drug-likeness (QED) is 0.289. The van der Waals surface area contributed by atoms with E-state index in [4.69, 9.17) is 4.42 Å². The molecular formula is C29H29BrFN5O4. The van der Waals surface area contributed by atoms with Crippen molar-refractivity contribution in [3.63, 3.8) is 0 Å². The van der Waals surface area contributed by atoms with Gasteiger partial charge in [0.25, 0.3) is 0 Å². The van der Waals surface area contributed by atoms with Crippen molar-refractivity contribution in [3.05, 3.63) is 91.3 Å². The lowest BCUT2D eigenvalue weighted by Crippen LogP contribution is -2.51. The molecule has 1 saturated heterocycles. The normalized spacial score (nSPS) is 14.7. The molecule has 40 heavy (non-hydrogen) atoms. The summed E-state index contributed by atoms with van der Waals surface area (Å²) < 4.78 is 21.1. The van der Waals surface area contributed by atoms with Gasteiger partial charge in [-0.1, -0.05) is 23.4 Å². The summed E-state index contributed by atoms with van der Waals surface area (Å²) in [6, 6.07) is 10.3. The molecule has 1 aliphatic rings. The summed E-state index contributed by atoms with van der Waals surface area (Å²) in [4.78, 5) is 41.6. The van der Waals surface area contributed by atoms with Gasteiger partial charge in [-0.2, -0.15) is 0 Å². The number of fused-ring (bicyclic) bond motifs is 1. The van der Waals surface area contributed by atoms with Crippen molar-refractivity contribution in [1.82, 2.24) is 24.8 Å². The average Bonchev–Trinajstić information content (AvgIpc) is 3.39. The zero-order chi connectivity index (χ0) is 28.6. The van der Waals surface area contributed by atoms with Crippen LogP contribution in [0.5, 0.6) is 0 Å². The van der Waals surface area contributed by atoms with Crippen molar-refractivity contribution in [1.29, 1.82) is 0 Å². The van der Waals surface area contributed by atoms with Crippen molar-refractivity contribution in [2.45, 2.75) is 46.2 Å². The van der Waals surface area contributed by atoms with E-state index in [2.05, 4.69) is 26.2 Å². The molecule has 0 radical (unpaired) electrons. The van der Waals surface area contributed by atoms with Gasteiger partial charge in [-0.25, -0.2) is 13.9 Å². The minimum absolute atomic E-state index is 0.0302. The molecule has 1 aliphatic heterocycles. The van der Waals surface area contributed by atoms with Crippen LogP contribution in [0.25, 0.3) is 11.0 Å². The fraction of sp³-hybridized carbons (Fsp3) is 0.345. The molecule has 0 aliphatic carbocycles. The van der Waals surface area contributed by atoms with E-state index in [1.165, 1.54) is 11.0 Å². The largest absolute Gasteiger partial charge is 0.423 e. The molecule has 0 N–H and O–H groups in total. The maximum atomic E-state index is 13.6. The van der Waals surface area contributed by atoms with Gasteiger partial charge in [0.1, 0.15) is 17.1 Å². The predicted octanol–water partition coefficient (Wildman–Crippen LogP) is 4.32. The highest BCUT2D eigenvalue weighted by Gasteiger charge is 2.28. The number of benzene rings is 2. The molecule has 9 nitrogen and oxygen atoms in total. The number of hydrogen-bond acceptors (Lipinski definition) is 6. The summed E-state index contributed by atoms with van der Waals surface area (Å²) in [6.07, 6.45) is 2.13. The number of amides is 2. The Labute approximate surface area is 238 Å². The third kappa shape index (κ3) is 5.70. The van der Waals surface area contributed by atoms with Crippen molar-refractivity contribution >= 4 is 38.7 Å². The van der Waals surface area contributed by atoms with Crippen molar-refractivity contribution in [3.8, 4) is 0 Å². The molecule has 208 valence electrons. The lowest BCUT2D eigenvalue weighted by Gasteiger charge is -2.34. The Hall–Kier alpha value is -3.86. The SMILES string of the molecule is Cc1ccc2c(C)c(CCC(=O)N3CCN(Cc4cn([C@@H](C)c5ccc(F)c(Br)c5)nn4)C(=O)C3)c(=O)oc2c1. The van der Waals surface area contributed by atoms with Crippen LogP contribution in [0.4, 0.5) is 4.39 Å². The number of aryl methyl sites for hydroxylation is 2. The first-order chi connectivity index (χ1) is 19.1. The lowest BCUT2D eigenvalue weighted by molar-refractivity contribution is -0.145. The number of piperazine rings is 1. The summed E-state index contributed by atoms with van der Waals surface area (Å²) in [7, 11) is 0. The molecule has 3 heterocycles. The van der Waals surface area contributed by atoms with Crippen LogP contribution in [0.2, 0.25) is 0 Å². The van der Waals surface area contributed by atoms with Gasteiger partial charge in [-0.15, -0.1) is 5.10 Å². The van der Waals surface area contributed by atoms with Crippen LogP contribution in [0.3, 0.4) is 0 Å². The highest BCUT2D eigenvalue weighted by atomic mass is 79.9. The average molecular weight is 610 g/mol. The Kier molecular flexibility index (Phi) is 7.84. The van der Waals surface area contributed by atoms with E-state index in [-0.39, 0.29) is 49.6 Å². The number of nitrogens with zero attached hydrogens (tertiary/aromatic N) is 5. The van der Waals surface area contributed by atoms with Crippen LogP contribution in [0, 0.1) is 19.7 Å². The van der Waals surface area contributed by atoms with Crippen LogP contribution in [0.1, 0.15) is 47.3 Å². The van der Waals surface area contributed by atoms with Gasteiger partial charge in [0.15, 0.2) is 0 Å². The highest BCUT2D eigenvalue weighted by molar-refractivity contribution is 9.10. The number of hydrogen-bond donors (Lipinski definition) is 0. The van der Waals surface area contributed by atoms with Gasteiger partial charge in [0, 0.05) is 30.5 Å². The monoisotopic (exact) mass is 609 g/mol. The van der Waals surface area contributed by atoms with Crippen LogP contribution >= 0.6 is 15.9 Å². The number of rotatable bonds is 7. The topological polar surface area (TPSA) is 102 Å². The molecule has 4 aromatic rings. The third-order valence-electron chi connectivity index (χ3n) is 7.44. The smallest absolute Gasteiger partial charge is 0.339 e. The standard InChI is InChI=1S/C29H29BrFN5O4/c1-17-4-6-22-18(2)23(29(39)40-26(22)12-17)7-9-27(37)35-11-10-34(28(38)16-35)14-21-15-36(33-32-21)19(3)20-5-8-25(31)24(30)13-20/h4-6,8,12-13,15,19H,7,9-11,14,16H2,1-3H3/t19-/m0/s1. The summed E-state index contributed by atoms with van der Waals surface area (Å²) in [5.74, 6) is -0.696. The van der Waals surface area contributed by atoms with Gasteiger partial charge in [0.05, 0.1) is 29.8 Å². The molecular weight excluding hydrogens is 581 g/mol. The van der Waals surface area contributed by atoms with E-state index in [9.17, 15) is 18.8 Å². The second-order valence-electron chi connectivity index (χ2n) is 10.2. The first-order valence-corrected chi connectivity index (χ1v) is 13.8.